The van der Waals surface area contributed by atoms with Crippen LogP contribution in [-0.2, 0) is 0 Å². The molecule has 0 bridgehead atoms. The SMILES string of the molecule is C=CCSCCNC(=O)Nc1ccc(C)cc1C(=O)O. The highest BCUT2D eigenvalue weighted by Crippen LogP contribution is 2.17. The summed E-state index contributed by atoms with van der Waals surface area (Å²) in [6.45, 7) is 5.92. The molecule has 2 amide bonds. The van der Waals surface area contributed by atoms with E-state index >= 15 is 0 Å². The number of aryl methyl sites for hydroxylation is 1. The van der Waals surface area contributed by atoms with Crippen LogP contribution in [0.2, 0.25) is 0 Å². The zero-order valence-corrected chi connectivity index (χ0v) is 12.1. The Bertz CT molecular complexity index is 503. The summed E-state index contributed by atoms with van der Waals surface area (Å²) in [4.78, 5) is 22.8. The van der Waals surface area contributed by atoms with E-state index in [1.165, 1.54) is 6.07 Å². The van der Waals surface area contributed by atoms with E-state index in [1.54, 1.807) is 36.9 Å². The molecule has 0 spiro atoms. The molecule has 1 aromatic carbocycles. The fourth-order valence-electron chi connectivity index (χ4n) is 1.51. The van der Waals surface area contributed by atoms with E-state index in [-0.39, 0.29) is 5.56 Å². The van der Waals surface area contributed by atoms with E-state index in [0.29, 0.717) is 12.2 Å². The van der Waals surface area contributed by atoms with Crippen molar-refractivity contribution in [3.8, 4) is 0 Å². The van der Waals surface area contributed by atoms with Gasteiger partial charge in [-0.3, -0.25) is 0 Å². The van der Waals surface area contributed by atoms with Crippen molar-refractivity contribution in [3.63, 3.8) is 0 Å². The number of anilines is 1. The largest absolute Gasteiger partial charge is 0.478 e. The van der Waals surface area contributed by atoms with Gasteiger partial charge >= 0.3 is 12.0 Å². The lowest BCUT2D eigenvalue weighted by atomic mass is 10.1. The fourth-order valence-corrected chi connectivity index (χ4v) is 2.09. The molecule has 6 heteroatoms. The second-order valence-corrected chi connectivity index (χ2v) is 5.25. The minimum Gasteiger partial charge on any atom is -0.478 e. The van der Waals surface area contributed by atoms with Gasteiger partial charge in [0.2, 0.25) is 0 Å². The van der Waals surface area contributed by atoms with Crippen molar-refractivity contribution in [2.45, 2.75) is 6.92 Å². The van der Waals surface area contributed by atoms with Crippen molar-refractivity contribution in [2.75, 3.05) is 23.4 Å². The molecule has 1 aromatic rings. The first kappa shape index (κ1) is 16.1. The normalized spacial score (nSPS) is 9.85. The molecule has 3 N–H and O–H groups in total. The average molecular weight is 294 g/mol. The Morgan fingerprint density at radius 1 is 1.45 bits per heavy atom. The predicted octanol–water partition coefficient (Wildman–Crippen LogP) is 2.73. The third-order valence-corrected chi connectivity index (χ3v) is 3.39. The third-order valence-electron chi connectivity index (χ3n) is 2.42. The van der Waals surface area contributed by atoms with E-state index < -0.39 is 12.0 Å². The van der Waals surface area contributed by atoms with Crippen LogP contribution in [-0.4, -0.2) is 35.2 Å². The summed E-state index contributed by atoms with van der Waals surface area (Å²) in [7, 11) is 0. The Hall–Kier alpha value is -1.95. The van der Waals surface area contributed by atoms with Crippen LogP contribution in [0.3, 0.4) is 0 Å². The third kappa shape index (κ3) is 5.36. The number of nitrogens with one attached hydrogen (secondary N) is 2. The quantitative estimate of drug-likeness (QED) is 0.534. The molecule has 108 valence electrons. The zero-order chi connectivity index (χ0) is 15.0. The maximum absolute atomic E-state index is 11.7. The van der Waals surface area contributed by atoms with Crippen LogP contribution in [0, 0.1) is 6.92 Å². The van der Waals surface area contributed by atoms with E-state index in [4.69, 9.17) is 5.11 Å². The number of aromatic carboxylic acids is 1. The van der Waals surface area contributed by atoms with Gasteiger partial charge in [-0.2, -0.15) is 11.8 Å². The number of amides is 2. The van der Waals surface area contributed by atoms with Gasteiger partial charge in [-0.15, -0.1) is 6.58 Å². The molecule has 0 radical (unpaired) electrons. The number of benzene rings is 1. The maximum atomic E-state index is 11.7. The summed E-state index contributed by atoms with van der Waals surface area (Å²) in [5.41, 5.74) is 1.20. The fraction of sp³-hybridized carbons (Fsp3) is 0.286. The molecule has 0 saturated heterocycles. The first-order valence-corrected chi connectivity index (χ1v) is 7.27. The Balaban J connectivity index is 2.53. The highest BCUT2D eigenvalue weighted by molar-refractivity contribution is 7.99. The van der Waals surface area contributed by atoms with Crippen LogP contribution in [0.4, 0.5) is 10.5 Å². The molecule has 0 aliphatic rings. The maximum Gasteiger partial charge on any atom is 0.337 e. The molecule has 0 atom stereocenters. The van der Waals surface area contributed by atoms with E-state index in [1.807, 2.05) is 0 Å². The van der Waals surface area contributed by atoms with Crippen LogP contribution in [0.5, 0.6) is 0 Å². The van der Waals surface area contributed by atoms with Crippen LogP contribution >= 0.6 is 11.8 Å². The first-order chi connectivity index (χ1) is 9.54. The number of rotatable bonds is 7. The molecule has 0 saturated carbocycles. The van der Waals surface area contributed by atoms with Gasteiger partial charge in [0.05, 0.1) is 11.3 Å². The Morgan fingerprint density at radius 2 is 2.20 bits per heavy atom. The highest BCUT2D eigenvalue weighted by atomic mass is 32.2. The number of hydrogen-bond donors (Lipinski definition) is 3. The molecule has 0 unspecified atom stereocenters. The molecule has 0 aliphatic carbocycles. The second kappa shape index (κ2) is 8.27. The van der Waals surface area contributed by atoms with Gasteiger partial charge in [0.1, 0.15) is 0 Å². The molecule has 0 aromatic heterocycles. The zero-order valence-electron chi connectivity index (χ0n) is 11.3. The number of carbonyl (C=O) groups is 2. The number of carboxylic acids is 1. The molecule has 0 aliphatic heterocycles. The van der Waals surface area contributed by atoms with Crippen molar-refractivity contribution in [3.05, 3.63) is 42.0 Å². The van der Waals surface area contributed by atoms with Crippen molar-refractivity contribution in [1.29, 1.82) is 0 Å². The Labute approximate surface area is 122 Å². The van der Waals surface area contributed by atoms with Crippen LogP contribution in [0.15, 0.2) is 30.9 Å². The van der Waals surface area contributed by atoms with Crippen molar-refractivity contribution >= 4 is 29.4 Å². The number of urea groups is 1. The van der Waals surface area contributed by atoms with Crippen molar-refractivity contribution in [1.82, 2.24) is 5.32 Å². The molecule has 1 rings (SSSR count). The molecular formula is C14H18N2O3S. The molecular weight excluding hydrogens is 276 g/mol. The first-order valence-electron chi connectivity index (χ1n) is 6.12. The number of hydrogen-bond acceptors (Lipinski definition) is 3. The predicted molar refractivity (Wildman–Crippen MR) is 82.7 cm³/mol. The van der Waals surface area contributed by atoms with E-state index in [0.717, 1.165) is 17.1 Å². The summed E-state index contributed by atoms with van der Waals surface area (Å²) in [5, 5.41) is 14.3. The molecule has 0 heterocycles. The van der Waals surface area contributed by atoms with Gasteiger partial charge in [0.25, 0.3) is 0 Å². The summed E-state index contributed by atoms with van der Waals surface area (Å²) in [6, 6.07) is 4.46. The Kier molecular flexibility index (Phi) is 6.66. The minimum absolute atomic E-state index is 0.0844. The molecule has 0 fully saturated rings. The minimum atomic E-state index is -1.06. The van der Waals surface area contributed by atoms with Gasteiger partial charge in [-0.1, -0.05) is 17.7 Å². The van der Waals surface area contributed by atoms with Crippen molar-refractivity contribution < 1.29 is 14.7 Å². The lowest BCUT2D eigenvalue weighted by Crippen LogP contribution is -2.31. The Morgan fingerprint density at radius 3 is 2.85 bits per heavy atom. The monoisotopic (exact) mass is 294 g/mol. The van der Waals surface area contributed by atoms with Gasteiger partial charge in [-0.25, -0.2) is 9.59 Å². The standard InChI is InChI=1S/C14H18N2O3S/c1-3-7-20-8-6-15-14(19)16-12-5-4-10(2)9-11(12)13(17)18/h3-5,9H,1,6-8H2,2H3,(H,17,18)(H2,15,16,19). The number of thioether (sulfide) groups is 1. The average Bonchev–Trinajstić information content (AvgIpc) is 2.40. The summed E-state index contributed by atoms with van der Waals surface area (Å²) < 4.78 is 0. The topological polar surface area (TPSA) is 78.4 Å². The lowest BCUT2D eigenvalue weighted by molar-refractivity contribution is 0.0698. The van der Waals surface area contributed by atoms with Crippen molar-refractivity contribution in [2.24, 2.45) is 0 Å². The summed E-state index contributed by atoms with van der Waals surface area (Å²) in [6.07, 6.45) is 1.80. The summed E-state index contributed by atoms with van der Waals surface area (Å²) in [5.74, 6) is 0.550. The van der Waals surface area contributed by atoms with Gasteiger partial charge in [0, 0.05) is 18.1 Å². The lowest BCUT2D eigenvalue weighted by Gasteiger charge is -2.10. The number of carbonyl (C=O) groups excluding carboxylic acids is 1. The van der Waals surface area contributed by atoms with Crippen LogP contribution < -0.4 is 10.6 Å². The van der Waals surface area contributed by atoms with Gasteiger partial charge in [0.15, 0.2) is 0 Å². The number of carboxylic acid groups (broad SMARTS) is 1. The molecule has 20 heavy (non-hydrogen) atoms. The second-order valence-electron chi connectivity index (χ2n) is 4.10. The van der Waals surface area contributed by atoms with Gasteiger partial charge < -0.3 is 15.7 Å². The summed E-state index contributed by atoms with van der Waals surface area (Å²) >= 11 is 1.66. The van der Waals surface area contributed by atoms with Gasteiger partial charge in [-0.05, 0) is 19.1 Å². The van der Waals surface area contributed by atoms with E-state index in [2.05, 4.69) is 17.2 Å². The smallest absolute Gasteiger partial charge is 0.337 e. The van der Waals surface area contributed by atoms with Crippen LogP contribution in [0.1, 0.15) is 15.9 Å². The van der Waals surface area contributed by atoms with E-state index in [9.17, 15) is 9.59 Å². The highest BCUT2D eigenvalue weighted by Gasteiger charge is 2.12. The molecule has 5 nitrogen and oxygen atoms in total. The van der Waals surface area contributed by atoms with Crippen LogP contribution in [0.25, 0.3) is 0 Å².